The average molecular weight is 291 g/mol. The van der Waals surface area contributed by atoms with Gasteiger partial charge in [0.25, 0.3) is 0 Å². The third kappa shape index (κ3) is 3.28. The molecular weight excluding hydrogens is 270 g/mol. The highest BCUT2D eigenvalue weighted by atomic mass is 32.1. The minimum Gasteiger partial charge on any atom is -0.349 e. The molecule has 0 aliphatic rings. The Hall–Kier alpha value is -1.62. The summed E-state index contributed by atoms with van der Waals surface area (Å²) in [5, 5.41) is 9.45. The van der Waals surface area contributed by atoms with Gasteiger partial charge in [-0.05, 0) is 44.2 Å². The van der Waals surface area contributed by atoms with Gasteiger partial charge in [-0.3, -0.25) is 9.48 Å². The van der Waals surface area contributed by atoms with E-state index >= 15 is 0 Å². The van der Waals surface area contributed by atoms with Crippen LogP contribution in [0.4, 0.5) is 0 Å². The Morgan fingerprint density at radius 3 is 2.80 bits per heavy atom. The predicted octanol–water partition coefficient (Wildman–Crippen LogP) is 2.91. The minimum atomic E-state index is 0.0820. The van der Waals surface area contributed by atoms with Crippen molar-refractivity contribution in [3.63, 3.8) is 0 Å². The molecule has 0 radical (unpaired) electrons. The summed E-state index contributed by atoms with van der Waals surface area (Å²) in [6.45, 7) is 6.06. The van der Waals surface area contributed by atoms with Gasteiger partial charge in [0, 0.05) is 24.0 Å². The van der Waals surface area contributed by atoms with Gasteiger partial charge in [-0.1, -0.05) is 6.07 Å². The summed E-state index contributed by atoms with van der Waals surface area (Å²) in [4.78, 5) is 13.2. The Kier molecular flexibility index (Phi) is 4.60. The summed E-state index contributed by atoms with van der Waals surface area (Å²) in [5.74, 6) is 0.0913. The lowest BCUT2D eigenvalue weighted by Crippen LogP contribution is -2.26. The van der Waals surface area contributed by atoms with Crippen LogP contribution in [-0.2, 0) is 18.3 Å². The zero-order valence-corrected chi connectivity index (χ0v) is 13.3. The van der Waals surface area contributed by atoms with Crippen LogP contribution in [0.15, 0.2) is 17.5 Å². The minimum absolute atomic E-state index is 0.0820. The topological polar surface area (TPSA) is 46.9 Å². The van der Waals surface area contributed by atoms with E-state index in [-0.39, 0.29) is 11.9 Å². The van der Waals surface area contributed by atoms with Crippen molar-refractivity contribution in [2.75, 3.05) is 0 Å². The molecule has 4 nitrogen and oxygen atoms in total. The van der Waals surface area contributed by atoms with Crippen molar-refractivity contribution in [3.05, 3.63) is 39.3 Å². The number of carbonyl (C=O) groups excluding carboxylic acids is 1. The molecule has 0 bridgehead atoms. The maximum atomic E-state index is 12.0. The van der Waals surface area contributed by atoms with E-state index in [0.717, 1.165) is 17.8 Å². The summed E-state index contributed by atoms with van der Waals surface area (Å²) in [6.07, 6.45) is 1.25. The monoisotopic (exact) mass is 291 g/mol. The van der Waals surface area contributed by atoms with Gasteiger partial charge in [0.15, 0.2) is 0 Å². The maximum absolute atomic E-state index is 12.0. The zero-order chi connectivity index (χ0) is 14.7. The van der Waals surface area contributed by atoms with Crippen molar-refractivity contribution in [1.29, 1.82) is 0 Å². The first-order chi connectivity index (χ1) is 9.49. The van der Waals surface area contributed by atoms with Gasteiger partial charge in [-0.15, -0.1) is 11.3 Å². The normalized spacial score (nSPS) is 12.4. The molecule has 20 heavy (non-hydrogen) atoms. The lowest BCUT2D eigenvalue weighted by Gasteiger charge is -2.12. The van der Waals surface area contributed by atoms with Gasteiger partial charge >= 0.3 is 0 Å². The van der Waals surface area contributed by atoms with Crippen LogP contribution < -0.4 is 5.32 Å². The largest absolute Gasteiger partial charge is 0.349 e. The zero-order valence-electron chi connectivity index (χ0n) is 12.4. The van der Waals surface area contributed by atoms with Gasteiger partial charge in [-0.25, -0.2) is 0 Å². The summed E-state index contributed by atoms with van der Waals surface area (Å²) >= 11 is 1.67. The van der Waals surface area contributed by atoms with Crippen LogP contribution in [0.2, 0.25) is 0 Å². The van der Waals surface area contributed by atoms with Gasteiger partial charge in [0.2, 0.25) is 5.91 Å². The third-order valence-electron chi connectivity index (χ3n) is 3.61. The molecule has 1 N–H and O–H groups in total. The Balaban J connectivity index is 1.89. The molecule has 1 atom stereocenters. The Bertz CT molecular complexity index is 587. The maximum Gasteiger partial charge on any atom is 0.220 e. The first-order valence-electron chi connectivity index (χ1n) is 6.81. The number of amides is 1. The fraction of sp³-hybridized carbons (Fsp3) is 0.467. The van der Waals surface area contributed by atoms with Crippen molar-refractivity contribution in [1.82, 2.24) is 15.1 Å². The molecule has 2 heterocycles. The van der Waals surface area contributed by atoms with Crippen LogP contribution >= 0.6 is 11.3 Å². The second-order valence-corrected chi connectivity index (χ2v) is 6.06. The first-order valence-corrected chi connectivity index (χ1v) is 7.69. The van der Waals surface area contributed by atoms with E-state index in [0.29, 0.717) is 6.42 Å². The molecule has 1 amide bonds. The van der Waals surface area contributed by atoms with Gasteiger partial charge in [-0.2, -0.15) is 5.10 Å². The van der Waals surface area contributed by atoms with E-state index < -0.39 is 0 Å². The van der Waals surface area contributed by atoms with E-state index in [1.54, 1.807) is 11.3 Å². The molecule has 2 rings (SSSR count). The van der Waals surface area contributed by atoms with Gasteiger partial charge < -0.3 is 5.32 Å². The molecule has 0 fully saturated rings. The first kappa shape index (κ1) is 14.8. The highest BCUT2D eigenvalue weighted by Crippen LogP contribution is 2.19. The van der Waals surface area contributed by atoms with Crippen molar-refractivity contribution >= 4 is 17.2 Å². The van der Waals surface area contributed by atoms with E-state index in [1.807, 2.05) is 50.0 Å². The Labute approximate surface area is 123 Å². The Morgan fingerprint density at radius 2 is 2.25 bits per heavy atom. The number of rotatable bonds is 5. The van der Waals surface area contributed by atoms with E-state index in [9.17, 15) is 4.79 Å². The summed E-state index contributed by atoms with van der Waals surface area (Å²) in [7, 11) is 1.94. The van der Waals surface area contributed by atoms with E-state index in [2.05, 4.69) is 10.4 Å². The quantitative estimate of drug-likeness (QED) is 0.920. The standard InChI is InChI=1S/C15H21N3OS/c1-10-13(12(3)18(4)17-10)7-8-15(19)16-11(2)14-6-5-9-20-14/h5-6,9,11H,7-8H2,1-4H3,(H,16,19). The summed E-state index contributed by atoms with van der Waals surface area (Å²) in [6, 6.07) is 4.13. The van der Waals surface area contributed by atoms with Crippen LogP contribution in [0.25, 0.3) is 0 Å². The number of nitrogens with one attached hydrogen (secondary N) is 1. The van der Waals surface area contributed by atoms with Crippen LogP contribution in [0.3, 0.4) is 0 Å². The molecule has 2 aromatic rings. The van der Waals surface area contributed by atoms with E-state index in [4.69, 9.17) is 0 Å². The molecule has 108 valence electrons. The number of hydrogen-bond acceptors (Lipinski definition) is 3. The average Bonchev–Trinajstić information content (AvgIpc) is 2.98. The smallest absolute Gasteiger partial charge is 0.220 e. The molecular formula is C15H21N3OS. The molecule has 1 unspecified atom stereocenters. The molecule has 0 saturated carbocycles. The van der Waals surface area contributed by atoms with Crippen LogP contribution in [-0.4, -0.2) is 15.7 Å². The Morgan fingerprint density at radius 1 is 1.50 bits per heavy atom. The molecule has 5 heteroatoms. The lowest BCUT2D eigenvalue weighted by molar-refractivity contribution is -0.121. The molecule has 2 aromatic heterocycles. The fourth-order valence-corrected chi connectivity index (χ4v) is 3.07. The van der Waals surface area contributed by atoms with Crippen molar-refractivity contribution in [3.8, 4) is 0 Å². The number of aromatic nitrogens is 2. The number of aryl methyl sites for hydroxylation is 2. The van der Waals surface area contributed by atoms with Crippen LogP contribution in [0.1, 0.15) is 41.2 Å². The lowest BCUT2D eigenvalue weighted by atomic mass is 10.1. The number of thiophene rings is 1. The van der Waals surface area contributed by atoms with Crippen molar-refractivity contribution < 1.29 is 4.79 Å². The van der Waals surface area contributed by atoms with Gasteiger partial charge in [0.1, 0.15) is 0 Å². The van der Waals surface area contributed by atoms with Crippen LogP contribution in [0.5, 0.6) is 0 Å². The number of carbonyl (C=O) groups is 1. The van der Waals surface area contributed by atoms with Gasteiger partial charge in [0.05, 0.1) is 11.7 Å². The third-order valence-corrected chi connectivity index (χ3v) is 4.66. The second-order valence-electron chi connectivity index (χ2n) is 5.08. The molecule has 0 aliphatic carbocycles. The van der Waals surface area contributed by atoms with Crippen molar-refractivity contribution in [2.24, 2.45) is 7.05 Å². The highest BCUT2D eigenvalue weighted by molar-refractivity contribution is 7.10. The SMILES string of the molecule is Cc1nn(C)c(C)c1CCC(=O)NC(C)c1cccs1. The number of hydrogen-bond donors (Lipinski definition) is 1. The van der Waals surface area contributed by atoms with Crippen molar-refractivity contribution in [2.45, 2.75) is 39.7 Å². The molecule has 0 aromatic carbocycles. The molecule has 0 aliphatic heterocycles. The summed E-state index contributed by atoms with van der Waals surface area (Å²) < 4.78 is 1.87. The highest BCUT2D eigenvalue weighted by Gasteiger charge is 2.13. The number of nitrogens with zero attached hydrogens (tertiary/aromatic N) is 2. The van der Waals surface area contributed by atoms with E-state index in [1.165, 1.54) is 10.4 Å². The molecule has 0 spiro atoms. The molecule has 0 saturated heterocycles. The summed E-state index contributed by atoms with van der Waals surface area (Å²) in [5.41, 5.74) is 3.34. The fourth-order valence-electron chi connectivity index (χ4n) is 2.34. The predicted molar refractivity (Wildman–Crippen MR) is 81.9 cm³/mol. The van der Waals surface area contributed by atoms with Crippen LogP contribution in [0, 0.1) is 13.8 Å². The second kappa shape index (κ2) is 6.22.